The number of non-ortho nitro benzene ring substituents is 1. The quantitative estimate of drug-likeness (QED) is 0.344. The summed E-state index contributed by atoms with van der Waals surface area (Å²) in [6.07, 6.45) is -0.280. The zero-order valence-electron chi connectivity index (χ0n) is 14.8. The lowest BCUT2D eigenvalue weighted by Gasteiger charge is -2.09. The van der Waals surface area contributed by atoms with Gasteiger partial charge in [0.15, 0.2) is 6.61 Å². The van der Waals surface area contributed by atoms with E-state index in [-0.39, 0.29) is 34.3 Å². The number of ether oxygens (including phenoxy) is 1. The number of nitro groups is 1. The number of nitrogens with zero attached hydrogens (tertiary/aromatic N) is 1. The molecule has 0 aliphatic heterocycles. The van der Waals surface area contributed by atoms with Crippen LogP contribution in [-0.4, -0.2) is 38.4 Å². The molecule has 2 rings (SSSR count). The monoisotopic (exact) mass is 441 g/mol. The number of rotatable bonds is 9. The van der Waals surface area contributed by atoms with E-state index in [9.17, 15) is 28.1 Å². The molecule has 0 aliphatic carbocycles. The number of carbonyl (C=O) groups is 2. The number of anilines is 1. The number of amides is 1. The van der Waals surface area contributed by atoms with Crippen LogP contribution in [0.15, 0.2) is 53.4 Å². The highest BCUT2D eigenvalue weighted by atomic mass is 35.5. The summed E-state index contributed by atoms with van der Waals surface area (Å²) in [5, 5.41) is 13.0. The Morgan fingerprint density at radius 3 is 2.45 bits per heavy atom. The number of esters is 1. The van der Waals surface area contributed by atoms with Crippen LogP contribution in [0.1, 0.15) is 6.42 Å². The zero-order valence-corrected chi connectivity index (χ0v) is 16.4. The molecule has 0 heterocycles. The predicted molar refractivity (Wildman–Crippen MR) is 104 cm³/mol. The van der Waals surface area contributed by atoms with Crippen LogP contribution in [0, 0.1) is 10.1 Å². The molecule has 0 atom stereocenters. The van der Waals surface area contributed by atoms with Gasteiger partial charge >= 0.3 is 5.97 Å². The Morgan fingerprint density at radius 1 is 1.14 bits per heavy atom. The molecule has 0 saturated heterocycles. The smallest absolute Gasteiger partial charge is 0.307 e. The van der Waals surface area contributed by atoms with Gasteiger partial charge in [0.05, 0.1) is 26.9 Å². The van der Waals surface area contributed by atoms with E-state index in [1.165, 1.54) is 18.2 Å². The maximum Gasteiger partial charge on any atom is 0.307 e. The minimum absolute atomic E-state index is 0.0470. The fraction of sp³-hybridized carbons (Fsp3) is 0.176. The van der Waals surface area contributed by atoms with E-state index in [0.29, 0.717) is 0 Å². The van der Waals surface area contributed by atoms with Crippen molar-refractivity contribution in [3.8, 4) is 0 Å². The molecule has 2 N–H and O–H groups in total. The second-order valence-corrected chi connectivity index (χ2v) is 7.77. The van der Waals surface area contributed by atoms with Gasteiger partial charge in [-0.25, -0.2) is 13.1 Å². The molecule has 0 aliphatic rings. The number of nitrogens with one attached hydrogen (secondary N) is 2. The van der Waals surface area contributed by atoms with Crippen molar-refractivity contribution in [2.24, 2.45) is 0 Å². The molecule has 0 aromatic heterocycles. The first-order valence-corrected chi connectivity index (χ1v) is 9.99. The first kappa shape index (κ1) is 22.3. The molecule has 12 heteroatoms. The number of benzene rings is 2. The first-order chi connectivity index (χ1) is 13.7. The molecule has 2 aromatic carbocycles. The zero-order chi connectivity index (χ0) is 21.4. The lowest BCUT2D eigenvalue weighted by Crippen LogP contribution is -2.28. The van der Waals surface area contributed by atoms with Crippen LogP contribution in [-0.2, 0) is 24.3 Å². The van der Waals surface area contributed by atoms with Crippen molar-refractivity contribution in [3.05, 3.63) is 63.7 Å². The third kappa shape index (κ3) is 6.82. The third-order valence-electron chi connectivity index (χ3n) is 3.48. The van der Waals surface area contributed by atoms with Gasteiger partial charge in [-0.05, 0) is 18.2 Å². The Kier molecular flexibility index (Phi) is 7.65. The largest absolute Gasteiger partial charge is 0.456 e. The Hall–Kier alpha value is -3.02. The lowest BCUT2D eigenvalue weighted by atomic mass is 10.3. The van der Waals surface area contributed by atoms with E-state index in [1.54, 1.807) is 18.2 Å². The van der Waals surface area contributed by atoms with Gasteiger partial charge in [0.25, 0.3) is 11.6 Å². The Balaban J connectivity index is 1.76. The van der Waals surface area contributed by atoms with Gasteiger partial charge in [-0.2, -0.15) is 0 Å². The number of nitro benzene ring substituents is 1. The highest BCUT2D eigenvalue weighted by Gasteiger charge is 2.15. The molecule has 0 saturated carbocycles. The van der Waals surface area contributed by atoms with Gasteiger partial charge in [0.1, 0.15) is 0 Å². The SMILES string of the molecule is O=C(COC(=O)CCNS(=O)(=O)c1ccccc1)Nc1ccc([N+](=O)[O-])cc1Cl. The van der Waals surface area contributed by atoms with Gasteiger partial charge < -0.3 is 10.1 Å². The molecule has 0 bridgehead atoms. The van der Waals surface area contributed by atoms with Gasteiger partial charge in [-0.1, -0.05) is 29.8 Å². The molecule has 2 aromatic rings. The third-order valence-corrected chi connectivity index (χ3v) is 5.27. The van der Waals surface area contributed by atoms with E-state index in [0.717, 1.165) is 12.1 Å². The normalized spacial score (nSPS) is 10.9. The van der Waals surface area contributed by atoms with Crippen LogP contribution >= 0.6 is 11.6 Å². The highest BCUT2D eigenvalue weighted by molar-refractivity contribution is 7.89. The molecule has 0 unspecified atom stereocenters. The number of hydrogen-bond acceptors (Lipinski definition) is 7. The number of hydrogen-bond donors (Lipinski definition) is 2. The highest BCUT2D eigenvalue weighted by Crippen LogP contribution is 2.26. The molecular weight excluding hydrogens is 426 g/mol. The van der Waals surface area contributed by atoms with Gasteiger partial charge in [-0.3, -0.25) is 19.7 Å². The first-order valence-electron chi connectivity index (χ1n) is 8.13. The topological polar surface area (TPSA) is 145 Å². The van der Waals surface area contributed by atoms with E-state index in [4.69, 9.17) is 16.3 Å². The summed E-state index contributed by atoms with van der Waals surface area (Å²) in [5.41, 5.74) is -0.119. The Morgan fingerprint density at radius 2 is 1.83 bits per heavy atom. The minimum atomic E-state index is -3.74. The lowest BCUT2D eigenvalue weighted by molar-refractivity contribution is -0.384. The second kappa shape index (κ2) is 9.96. The summed E-state index contributed by atoms with van der Waals surface area (Å²) in [7, 11) is -3.74. The molecule has 154 valence electrons. The number of sulfonamides is 1. The molecule has 1 amide bonds. The molecule has 0 radical (unpaired) electrons. The fourth-order valence-corrected chi connectivity index (χ4v) is 3.37. The van der Waals surface area contributed by atoms with Crippen LogP contribution in [0.5, 0.6) is 0 Å². The van der Waals surface area contributed by atoms with E-state index >= 15 is 0 Å². The van der Waals surface area contributed by atoms with Crippen molar-refractivity contribution in [1.29, 1.82) is 0 Å². The van der Waals surface area contributed by atoms with E-state index < -0.39 is 33.4 Å². The number of carbonyl (C=O) groups excluding carboxylic acids is 2. The van der Waals surface area contributed by atoms with Crippen molar-refractivity contribution < 1.29 is 27.7 Å². The summed E-state index contributed by atoms with van der Waals surface area (Å²) in [4.78, 5) is 33.6. The van der Waals surface area contributed by atoms with Crippen molar-refractivity contribution in [2.75, 3.05) is 18.5 Å². The van der Waals surface area contributed by atoms with Crippen molar-refractivity contribution in [1.82, 2.24) is 4.72 Å². The fourth-order valence-electron chi connectivity index (χ4n) is 2.09. The van der Waals surface area contributed by atoms with E-state index in [1.807, 2.05) is 0 Å². The molecular formula is C17H16ClN3O7S. The van der Waals surface area contributed by atoms with Crippen LogP contribution in [0.4, 0.5) is 11.4 Å². The summed E-state index contributed by atoms with van der Waals surface area (Å²) in [5.74, 6) is -1.50. The molecule has 0 fully saturated rings. The van der Waals surface area contributed by atoms with E-state index in [2.05, 4.69) is 10.0 Å². The predicted octanol–water partition coefficient (Wildman–Crippen LogP) is 2.10. The standard InChI is InChI=1S/C17H16ClN3O7S/c18-14-10-12(21(24)25)6-7-15(14)20-16(22)11-28-17(23)8-9-19-29(26,27)13-4-2-1-3-5-13/h1-7,10,19H,8-9,11H2,(H,20,22). The average Bonchev–Trinajstić information content (AvgIpc) is 2.68. The van der Waals surface area contributed by atoms with Crippen molar-refractivity contribution >= 4 is 44.9 Å². The Bertz CT molecular complexity index is 1010. The summed E-state index contributed by atoms with van der Waals surface area (Å²) >= 11 is 5.85. The van der Waals surface area contributed by atoms with Crippen molar-refractivity contribution in [2.45, 2.75) is 11.3 Å². The van der Waals surface area contributed by atoms with Gasteiger partial charge in [0.2, 0.25) is 10.0 Å². The van der Waals surface area contributed by atoms with Crippen LogP contribution in [0.3, 0.4) is 0 Å². The number of halogens is 1. The molecule has 0 spiro atoms. The Labute approximate surface area is 171 Å². The molecule has 29 heavy (non-hydrogen) atoms. The summed E-state index contributed by atoms with van der Waals surface area (Å²) < 4.78 is 31.0. The average molecular weight is 442 g/mol. The van der Waals surface area contributed by atoms with Crippen molar-refractivity contribution in [3.63, 3.8) is 0 Å². The summed E-state index contributed by atoms with van der Waals surface area (Å²) in [6, 6.07) is 11.1. The van der Waals surface area contributed by atoms with Crippen LogP contribution in [0.2, 0.25) is 5.02 Å². The summed E-state index contributed by atoms with van der Waals surface area (Å²) in [6.45, 7) is -0.830. The van der Waals surface area contributed by atoms with Crippen LogP contribution < -0.4 is 10.0 Å². The maximum absolute atomic E-state index is 12.0. The van der Waals surface area contributed by atoms with Gasteiger partial charge in [-0.15, -0.1) is 0 Å². The second-order valence-electron chi connectivity index (χ2n) is 5.59. The minimum Gasteiger partial charge on any atom is -0.456 e. The van der Waals surface area contributed by atoms with Gasteiger partial charge in [0, 0.05) is 18.7 Å². The maximum atomic E-state index is 12.0. The molecule has 10 nitrogen and oxygen atoms in total. The van der Waals surface area contributed by atoms with Crippen LogP contribution in [0.25, 0.3) is 0 Å².